The Labute approximate surface area is 213 Å². The van der Waals surface area contributed by atoms with E-state index in [0.717, 1.165) is 34.3 Å². The highest BCUT2D eigenvalue weighted by atomic mass is 32.2. The largest absolute Gasteiger partial charge is 0.494 e. The molecule has 0 fully saturated rings. The lowest BCUT2D eigenvalue weighted by atomic mass is 10.1. The van der Waals surface area contributed by atoms with Crippen LogP contribution >= 0.6 is 11.8 Å². The molecule has 0 unspecified atom stereocenters. The van der Waals surface area contributed by atoms with Gasteiger partial charge in [-0.25, -0.2) is 0 Å². The van der Waals surface area contributed by atoms with Crippen molar-refractivity contribution < 1.29 is 9.53 Å². The molecular formula is C28H27N5O2S. The number of benzene rings is 3. The summed E-state index contributed by atoms with van der Waals surface area (Å²) in [5, 5.41) is 13.7. The predicted molar refractivity (Wildman–Crippen MR) is 144 cm³/mol. The molecule has 0 atom stereocenters. The molecule has 3 aromatic carbocycles. The number of aromatic nitrogens is 4. The normalized spacial score (nSPS) is 11.0. The van der Waals surface area contributed by atoms with E-state index in [1.807, 2.05) is 78.4 Å². The molecule has 0 radical (unpaired) electrons. The van der Waals surface area contributed by atoms with Gasteiger partial charge < -0.3 is 15.0 Å². The molecule has 182 valence electrons. The van der Waals surface area contributed by atoms with E-state index in [2.05, 4.69) is 38.7 Å². The van der Waals surface area contributed by atoms with Crippen LogP contribution in [-0.2, 0) is 11.2 Å². The van der Waals surface area contributed by atoms with Crippen molar-refractivity contribution in [1.29, 1.82) is 0 Å². The second-order valence-electron chi connectivity index (χ2n) is 8.19. The van der Waals surface area contributed by atoms with Gasteiger partial charge in [0.05, 0.1) is 12.4 Å². The van der Waals surface area contributed by atoms with E-state index in [1.165, 1.54) is 17.3 Å². The minimum atomic E-state index is -0.0363. The number of carbonyl (C=O) groups is 1. The van der Waals surface area contributed by atoms with Crippen molar-refractivity contribution in [3.63, 3.8) is 0 Å². The Morgan fingerprint density at radius 3 is 2.58 bits per heavy atom. The van der Waals surface area contributed by atoms with E-state index >= 15 is 0 Å². The van der Waals surface area contributed by atoms with Gasteiger partial charge in [-0.15, -0.1) is 10.2 Å². The van der Waals surface area contributed by atoms with Gasteiger partial charge in [0, 0.05) is 34.9 Å². The van der Waals surface area contributed by atoms with Crippen LogP contribution in [0.25, 0.3) is 28.0 Å². The minimum Gasteiger partial charge on any atom is -0.494 e. The van der Waals surface area contributed by atoms with E-state index in [4.69, 9.17) is 4.74 Å². The van der Waals surface area contributed by atoms with Crippen molar-refractivity contribution >= 4 is 28.6 Å². The third-order valence-corrected chi connectivity index (χ3v) is 6.71. The molecule has 7 nitrogen and oxygen atoms in total. The molecule has 5 aromatic rings. The van der Waals surface area contributed by atoms with Gasteiger partial charge in [0.25, 0.3) is 0 Å². The highest BCUT2D eigenvalue weighted by molar-refractivity contribution is 7.99. The average molecular weight is 498 g/mol. The monoisotopic (exact) mass is 497 g/mol. The van der Waals surface area contributed by atoms with E-state index in [-0.39, 0.29) is 11.7 Å². The summed E-state index contributed by atoms with van der Waals surface area (Å²) >= 11 is 1.37. The zero-order valence-electron chi connectivity index (χ0n) is 20.0. The molecule has 0 saturated carbocycles. The molecule has 1 amide bonds. The van der Waals surface area contributed by atoms with Gasteiger partial charge in [-0.3, -0.25) is 9.36 Å². The predicted octanol–water partition coefficient (Wildman–Crippen LogP) is 5.27. The number of carbonyl (C=O) groups excluding carboxylic acids is 1. The summed E-state index contributed by atoms with van der Waals surface area (Å²) < 4.78 is 7.61. The highest BCUT2D eigenvalue weighted by Crippen LogP contribution is 2.32. The van der Waals surface area contributed by atoms with Gasteiger partial charge in [-0.2, -0.15) is 0 Å². The van der Waals surface area contributed by atoms with Gasteiger partial charge in [-0.05, 0) is 49.2 Å². The number of nitrogens with zero attached hydrogens (tertiary/aromatic N) is 3. The molecule has 8 heteroatoms. The summed E-state index contributed by atoms with van der Waals surface area (Å²) in [6, 6.07) is 26.1. The molecular weight excluding hydrogens is 470 g/mol. The quantitative estimate of drug-likeness (QED) is 0.257. The van der Waals surface area contributed by atoms with Crippen LogP contribution in [0, 0.1) is 0 Å². The molecule has 0 aliphatic rings. The van der Waals surface area contributed by atoms with Crippen molar-refractivity contribution in [1.82, 2.24) is 25.1 Å². The van der Waals surface area contributed by atoms with Gasteiger partial charge in [0.15, 0.2) is 11.0 Å². The first-order valence-electron chi connectivity index (χ1n) is 11.9. The Bertz CT molecular complexity index is 1440. The van der Waals surface area contributed by atoms with E-state index in [0.29, 0.717) is 24.1 Å². The fourth-order valence-electron chi connectivity index (χ4n) is 4.06. The maximum absolute atomic E-state index is 12.6. The fourth-order valence-corrected chi connectivity index (χ4v) is 4.84. The first kappa shape index (κ1) is 23.7. The first-order chi connectivity index (χ1) is 17.7. The lowest BCUT2D eigenvalue weighted by Crippen LogP contribution is -2.27. The van der Waals surface area contributed by atoms with Crippen LogP contribution in [0.4, 0.5) is 0 Å². The molecule has 0 spiro atoms. The fraction of sp³-hybridized carbons (Fsp3) is 0.179. The number of hydrogen-bond acceptors (Lipinski definition) is 5. The van der Waals surface area contributed by atoms with E-state index in [1.54, 1.807) is 0 Å². The number of ether oxygens (including phenoxy) is 1. The second-order valence-corrected chi connectivity index (χ2v) is 9.13. The molecule has 0 saturated heterocycles. The number of H-pyrrole nitrogens is 1. The minimum absolute atomic E-state index is 0.0363. The molecule has 0 aliphatic heterocycles. The highest BCUT2D eigenvalue weighted by Gasteiger charge is 2.19. The van der Waals surface area contributed by atoms with Gasteiger partial charge >= 0.3 is 0 Å². The summed E-state index contributed by atoms with van der Waals surface area (Å²) in [6.07, 6.45) is 2.74. The van der Waals surface area contributed by atoms with Crippen LogP contribution in [0.5, 0.6) is 5.75 Å². The lowest BCUT2D eigenvalue weighted by Gasteiger charge is -2.11. The average Bonchev–Trinajstić information content (AvgIpc) is 3.53. The third kappa shape index (κ3) is 5.28. The third-order valence-electron chi connectivity index (χ3n) is 5.78. The van der Waals surface area contributed by atoms with Crippen LogP contribution in [0.1, 0.15) is 12.5 Å². The molecule has 2 aromatic heterocycles. The SMILES string of the molecule is CCOc1ccc(-n2c(SCC(=O)NCCc3ccccc3)nnc2-c2c[nH]c3ccccc23)cc1. The summed E-state index contributed by atoms with van der Waals surface area (Å²) in [5.74, 6) is 1.72. The summed E-state index contributed by atoms with van der Waals surface area (Å²) in [7, 11) is 0. The van der Waals surface area contributed by atoms with Gasteiger partial charge in [0.1, 0.15) is 5.75 Å². The topological polar surface area (TPSA) is 84.8 Å². The molecule has 0 aliphatic carbocycles. The number of hydrogen-bond donors (Lipinski definition) is 2. The number of rotatable bonds is 10. The Kier molecular flexibility index (Phi) is 7.33. The van der Waals surface area contributed by atoms with Crippen molar-refractivity contribution in [2.75, 3.05) is 18.9 Å². The van der Waals surface area contributed by atoms with Crippen LogP contribution in [0.15, 0.2) is 90.2 Å². The standard InChI is InChI=1S/C28H27N5O2S/c1-2-35-22-14-12-21(13-15-22)33-27(24-18-30-25-11-7-6-10-23(24)25)31-32-28(33)36-19-26(34)29-17-16-20-8-4-3-5-9-20/h3-15,18,30H,2,16-17,19H2,1H3,(H,29,34). The zero-order chi connectivity index (χ0) is 24.7. The van der Waals surface area contributed by atoms with Crippen LogP contribution in [0.2, 0.25) is 0 Å². The molecule has 2 N–H and O–H groups in total. The Hall–Kier alpha value is -4.04. The summed E-state index contributed by atoms with van der Waals surface area (Å²) in [6.45, 7) is 3.16. The van der Waals surface area contributed by atoms with Gasteiger partial charge in [-0.1, -0.05) is 60.3 Å². The van der Waals surface area contributed by atoms with Crippen molar-refractivity contribution in [2.45, 2.75) is 18.5 Å². The maximum atomic E-state index is 12.6. The first-order valence-corrected chi connectivity index (χ1v) is 12.9. The number of nitrogens with one attached hydrogen (secondary N) is 2. The smallest absolute Gasteiger partial charge is 0.230 e. The number of fused-ring (bicyclic) bond motifs is 1. The molecule has 0 bridgehead atoms. The van der Waals surface area contributed by atoms with Crippen molar-refractivity contribution in [3.8, 4) is 22.8 Å². The number of thioether (sulfide) groups is 1. The lowest BCUT2D eigenvalue weighted by molar-refractivity contribution is -0.118. The Morgan fingerprint density at radius 2 is 1.78 bits per heavy atom. The van der Waals surface area contributed by atoms with Crippen LogP contribution in [0.3, 0.4) is 0 Å². The Balaban J connectivity index is 1.37. The molecule has 5 rings (SSSR count). The number of aromatic amines is 1. The van der Waals surface area contributed by atoms with Crippen molar-refractivity contribution in [2.24, 2.45) is 0 Å². The van der Waals surface area contributed by atoms with E-state index < -0.39 is 0 Å². The Morgan fingerprint density at radius 1 is 1.00 bits per heavy atom. The van der Waals surface area contributed by atoms with Gasteiger partial charge in [0.2, 0.25) is 5.91 Å². The van der Waals surface area contributed by atoms with Crippen LogP contribution in [-0.4, -0.2) is 44.6 Å². The maximum Gasteiger partial charge on any atom is 0.230 e. The zero-order valence-corrected chi connectivity index (χ0v) is 20.8. The number of amides is 1. The summed E-state index contributed by atoms with van der Waals surface area (Å²) in [5.41, 5.74) is 4.08. The molecule has 2 heterocycles. The number of para-hydroxylation sites is 1. The van der Waals surface area contributed by atoms with E-state index in [9.17, 15) is 4.79 Å². The summed E-state index contributed by atoms with van der Waals surface area (Å²) in [4.78, 5) is 15.9. The second kappa shape index (κ2) is 11.1. The van der Waals surface area contributed by atoms with Crippen molar-refractivity contribution in [3.05, 3.63) is 90.6 Å². The molecule has 36 heavy (non-hydrogen) atoms. The van der Waals surface area contributed by atoms with Crippen LogP contribution < -0.4 is 10.1 Å².